The number of carboxylic acid groups (broad SMARTS) is 1. The highest BCUT2D eigenvalue weighted by Gasteiger charge is 2.21. The molecule has 0 radical (unpaired) electrons. The van der Waals surface area contributed by atoms with Crippen molar-refractivity contribution in [3.63, 3.8) is 0 Å². The molecular formula is C14H19N3O3. The molecule has 1 heterocycles. The Labute approximate surface area is 117 Å². The van der Waals surface area contributed by atoms with Crippen molar-refractivity contribution in [2.75, 3.05) is 13.6 Å². The second-order valence-electron chi connectivity index (χ2n) is 5.18. The second kappa shape index (κ2) is 6.36. The normalized spacial score (nSPS) is 14.4. The zero-order valence-electron chi connectivity index (χ0n) is 11.5. The number of carbonyl (C=O) groups is 2. The van der Waals surface area contributed by atoms with Crippen LogP contribution >= 0.6 is 0 Å². The number of nitrogens with one attached hydrogen (secondary N) is 1. The monoisotopic (exact) mass is 277 g/mol. The molecule has 1 aromatic rings. The van der Waals surface area contributed by atoms with Crippen molar-refractivity contribution in [2.24, 2.45) is 5.92 Å². The van der Waals surface area contributed by atoms with Gasteiger partial charge in [-0.2, -0.15) is 0 Å². The number of hydrogen-bond donors (Lipinski definition) is 2. The minimum absolute atomic E-state index is 0.153. The molecule has 1 saturated carbocycles. The van der Waals surface area contributed by atoms with Crippen LogP contribution in [-0.2, 0) is 6.54 Å². The molecule has 0 saturated heterocycles. The van der Waals surface area contributed by atoms with Crippen LogP contribution in [0, 0.1) is 5.92 Å². The lowest BCUT2D eigenvalue weighted by Gasteiger charge is -2.30. The standard InChI is InChI=1S/C14H19N3O3/c1-17(9-10-3-2-4-10)14(20)16-8-12-7-11(13(18)19)5-6-15-12/h5-7,10H,2-4,8-9H2,1H3,(H,16,20)(H,18,19). The molecule has 0 atom stereocenters. The quantitative estimate of drug-likeness (QED) is 0.858. The van der Waals surface area contributed by atoms with E-state index in [-0.39, 0.29) is 18.1 Å². The lowest BCUT2D eigenvalue weighted by Crippen LogP contribution is -2.40. The zero-order valence-corrected chi connectivity index (χ0v) is 11.5. The van der Waals surface area contributed by atoms with Gasteiger partial charge in [0, 0.05) is 19.8 Å². The summed E-state index contributed by atoms with van der Waals surface area (Å²) < 4.78 is 0. The van der Waals surface area contributed by atoms with Gasteiger partial charge in [-0.05, 0) is 30.9 Å². The summed E-state index contributed by atoms with van der Waals surface area (Å²) in [4.78, 5) is 28.4. The maximum absolute atomic E-state index is 11.9. The Morgan fingerprint density at radius 3 is 2.85 bits per heavy atom. The molecule has 0 aliphatic heterocycles. The van der Waals surface area contributed by atoms with E-state index in [0.29, 0.717) is 11.6 Å². The minimum atomic E-state index is -0.998. The van der Waals surface area contributed by atoms with Crippen LogP contribution in [0.5, 0.6) is 0 Å². The van der Waals surface area contributed by atoms with E-state index in [1.807, 2.05) is 0 Å². The summed E-state index contributed by atoms with van der Waals surface area (Å²) in [6.07, 6.45) is 5.08. The highest BCUT2D eigenvalue weighted by atomic mass is 16.4. The molecule has 0 unspecified atom stereocenters. The molecule has 1 aromatic heterocycles. The molecular weight excluding hydrogens is 258 g/mol. The van der Waals surface area contributed by atoms with Crippen molar-refractivity contribution in [3.05, 3.63) is 29.6 Å². The van der Waals surface area contributed by atoms with Gasteiger partial charge in [0.05, 0.1) is 17.8 Å². The fourth-order valence-electron chi connectivity index (χ4n) is 2.15. The van der Waals surface area contributed by atoms with Crippen LogP contribution in [0.3, 0.4) is 0 Å². The highest BCUT2D eigenvalue weighted by Crippen LogP contribution is 2.26. The van der Waals surface area contributed by atoms with Crippen LogP contribution in [0.15, 0.2) is 18.3 Å². The van der Waals surface area contributed by atoms with Crippen LogP contribution in [-0.4, -0.2) is 40.6 Å². The van der Waals surface area contributed by atoms with Gasteiger partial charge in [-0.3, -0.25) is 4.98 Å². The van der Waals surface area contributed by atoms with Gasteiger partial charge in [0.15, 0.2) is 0 Å². The van der Waals surface area contributed by atoms with E-state index >= 15 is 0 Å². The lowest BCUT2D eigenvalue weighted by atomic mass is 9.85. The van der Waals surface area contributed by atoms with Crippen LogP contribution in [0.25, 0.3) is 0 Å². The molecule has 2 amide bonds. The molecule has 0 bridgehead atoms. The van der Waals surface area contributed by atoms with E-state index < -0.39 is 5.97 Å². The number of nitrogens with zero attached hydrogens (tertiary/aromatic N) is 2. The predicted octanol–water partition coefficient (Wildman–Crippen LogP) is 1.72. The van der Waals surface area contributed by atoms with Crippen LogP contribution in [0.2, 0.25) is 0 Å². The van der Waals surface area contributed by atoms with Crippen LogP contribution in [0.1, 0.15) is 35.3 Å². The third-order valence-corrected chi connectivity index (χ3v) is 3.59. The van der Waals surface area contributed by atoms with Gasteiger partial charge in [0.2, 0.25) is 0 Å². The number of hydrogen-bond acceptors (Lipinski definition) is 3. The van der Waals surface area contributed by atoms with Crippen molar-refractivity contribution >= 4 is 12.0 Å². The number of amides is 2. The molecule has 20 heavy (non-hydrogen) atoms. The first-order valence-electron chi connectivity index (χ1n) is 6.73. The SMILES string of the molecule is CN(CC1CCC1)C(=O)NCc1cc(C(=O)O)ccn1. The summed E-state index contributed by atoms with van der Waals surface area (Å²) in [6.45, 7) is 1.00. The summed E-state index contributed by atoms with van der Waals surface area (Å²) in [5.74, 6) is -0.374. The predicted molar refractivity (Wildman–Crippen MR) is 73.4 cm³/mol. The number of carbonyl (C=O) groups excluding carboxylic acids is 1. The number of aromatic nitrogens is 1. The van der Waals surface area contributed by atoms with Gasteiger partial charge < -0.3 is 15.3 Å². The van der Waals surface area contributed by atoms with Gasteiger partial charge in [-0.25, -0.2) is 9.59 Å². The van der Waals surface area contributed by atoms with Gasteiger partial charge in [0.25, 0.3) is 0 Å². The first-order chi connectivity index (χ1) is 9.56. The van der Waals surface area contributed by atoms with E-state index in [1.54, 1.807) is 11.9 Å². The molecule has 0 spiro atoms. The average Bonchev–Trinajstić information content (AvgIpc) is 2.40. The number of urea groups is 1. The molecule has 1 aliphatic rings. The maximum Gasteiger partial charge on any atom is 0.335 e. The third kappa shape index (κ3) is 3.69. The fourth-order valence-corrected chi connectivity index (χ4v) is 2.15. The molecule has 1 fully saturated rings. The van der Waals surface area contributed by atoms with Gasteiger partial charge in [-0.1, -0.05) is 6.42 Å². The van der Waals surface area contributed by atoms with E-state index in [4.69, 9.17) is 5.11 Å². The van der Waals surface area contributed by atoms with E-state index in [1.165, 1.54) is 37.6 Å². The minimum Gasteiger partial charge on any atom is -0.478 e. The molecule has 6 heteroatoms. The maximum atomic E-state index is 11.9. The molecule has 2 N–H and O–H groups in total. The zero-order chi connectivity index (χ0) is 14.5. The number of carboxylic acids is 1. The van der Waals surface area contributed by atoms with E-state index in [9.17, 15) is 9.59 Å². The Bertz CT molecular complexity index is 500. The fraction of sp³-hybridized carbons (Fsp3) is 0.500. The molecule has 108 valence electrons. The number of pyridine rings is 1. The van der Waals surface area contributed by atoms with Gasteiger partial charge >= 0.3 is 12.0 Å². The Hall–Kier alpha value is -2.11. The molecule has 0 aromatic carbocycles. The third-order valence-electron chi connectivity index (χ3n) is 3.59. The Balaban J connectivity index is 1.82. The summed E-state index contributed by atoms with van der Waals surface area (Å²) in [5, 5.41) is 11.6. The molecule has 6 nitrogen and oxygen atoms in total. The molecule has 1 aliphatic carbocycles. The molecule has 2 rings (SSSR count). The largest absolute Gasteiger partial charge is 0.478 e. The first-order valence-corrected chi connectivity index (χ1v) is 6.73. The van der Waals surface area contributed by atoms with E-state index in [0.717, 1.165) is 6.54 Å². The highest BCUT2D eigenvalue weighted by molar-refractivity contribution is 5.87. The smallest absolute Gasteiger partial charge is 0.335 e. The van der Waals surface area contributed by atoms with Crippen LogP contribution < -0.4 is 5.32 Å². The van der Waals surface area contributed by atoms with Crippen molar-refractivity contribution < 1.29 is 14.7 Å². The number of rotatable bonds is 5. The summed E-state index contributed by atoms with van der Waals surface area (Å²) in [5.41, 5.74) is 0.711. The van der Waals surface area contributed by atoms with Crippen molar-refractivity contribution in [1.82, 2.24) is 15.2 Å². The summed E-state index contributed by atoms with van der Waals surface area (Å²) in [6, 6.07) is 2.74. The topological polar surface area (TPSA) is 82.5 Å². The average molecular weight is 277 g/mol. The summed E-state index contributed by atoms with van der Waals surface area (Å²) in [7, 11) is 1.77. The van der Waals surface area contributed by atoms with Crippen molar-refractivity contribution in [3.8, 4) is 0 Å². The Kier molecular flexibility index (Phi) is 4.55. The van der Waals surface area contributed by atoms with Crippen LogP contribution in [0.4, 0.5) is 4.79 Å². The van der Waals surface area contributed by atoms with Crippen molar-refractivity contribution in [1.29, 1.82) is 0 Å². The first kappa shape index (κ1) is 14.3. The van der Waals surface area contributed by atoms with Gasteiger partial charge in [0.1, 0.15) is 0 Å². The van der Waals surface area contributed by atoms with Crippen molar-refractivity contribution in [2.45, 2.75) is 25.8 Å². The lowest BCUT2D eigenvalue weighted by molar-refractivity contribution is 0.0696. The second-order valence-corrected chi connectivity index (χ2v) is 5.18. The van der Waals surface area contributed by atoms with Gasteiger partial charge in [-0.15, -0.1) is 0 Å². The van der Waals surface area contributed by atoms with E-state index in [2.05, 4.69) is 10.3 Å². The Morgan fingerprint density at radius 1 is 1.50 bits per heavy atom. The Morgan fingerprint density at radius 2 is 2.25 bits per heavy atom. The summed E-state index contributed by atoms with van der Waals surface area (Å²) >= 11 is 0. The number of aromatic carboxylic acids is 1.